The zero-order chi connectivity index (χ0) is 19.7. The number of fused-ring (bicyclic) bond motifs is 2. The van der Waals surface area contributed by atoms with E-state index in [-0.39, 0.29) is 11.8 Å². The van der Waals surface area contributed by atoms with Gasteiger partial charge in [-0.2, -0.15) is 0 Å². The van der Waals surface area contributed by atoms with Crippen LogP contribution in [0.3, 0.4) is 0 Å². The first-order valence-electron chi connectivity index (χ1n) is 9.81. The van der Waals surface area contributed by atoms with Crippen molar-refractivity contribution in [3.8, 4) is 0 Å². The minimum absolute atomic E-state index is 0.00834. The minimum atomic E-state index is -0.732. The van der Waals surface area contributed by atoms with E-state index in [4.69, 9.17) is 4.98 Å². The van der Waals surface area contributed by atoms with E-state index in [1.165, 1.54) is 23.4 Å². The van der Waals surface area contributed by atoms with Crippen LogP contribution in [-0.2, 0) is 19.3 Å². The molecule has 0 bridgehead atoms. The van der Waals surface area contributed by atoms with Crippen LogP contribution in [0.1, 0.15) is 64.6 Å². The Labute approximate surface area is 167 Å². The smallest absolute Gasteiger partial charge is 0.252 e. The Kier molecular flexibility index (Phi) is 5.41. The summed E-state index contributed by atoms with van der Waals surface area (Å²) in [5.74, 6) is 0.309. The number of aliphatic hydroxyl groups is 1. The van der Waals surface area contributed by atoms with E-state index in [1.807, 2.05) is 13.8 Å². The predicted octanol–water partition coefficient (Wildman–Crippen LogP) is 2.73. The fourth-order valence-corrected chi connectivity index (χ4v) is 4.60. The van der Waals surface area contributed by atoms with Crippen LogP contribution < -0.4 is 5.32 Å². The van der Waals surface area contributed by atoms with Crippen LogP contribution in [0.25, 0.3) is 5.65 Å². The Morgan fingerprint density at radius 3 is 2.89 bits per heavy atom. The first kappa shape index (κ1) is 19.0. The van der Waals surface area contributed by atoms with E-state index in [2.05, 4.69) is 15.5 Å². The number of amides is 1. The monoisotopic (exact) mass is 399 g/mol. The lowest BCUT2D eigenvalue weighted by Crippen LogP contribution is -2.26. The van der Waals surface area contributed by atoms with Crippen LogP contribution in [0.4, 0.5) is 0 Å². The van der Waals surface area contributed by atoms with Gasteiger partial charge >= 0.3 is 0 Å². The van der Waals surface area contributed by atoms with Crippen molar-refractivity contribution in [1.29, 1.82) is 0 Å². The van der Waals surface area contributed by atoms with Gasteiger partial charge in [0.05, 0.1) is 16.3 Å². The van der Waals surface area contributed by atoms with Gasteiger partial charge < -0.3 is 10.4 Å². The van der Waals surface area contributed by atoms with E-state index in [1.54, 1.807) is 34.1 Å². The van der Waals surface area contributed by atoms with Gasteiger partial charge in [-0.25, -0.2) is 4.98 Å². The van der Waals surface area contributed by atoms with Gasteiger partial charge in [-0.1, -0.05) is 13.8 Å². The fraction of sp³-hybridized carbons (Fsp3) is 0.500. The lowest BCUT2D eigenvalue weighted by Gasteiger charge is -2.12. The van der Waals surface area contributed by atoms with Crippen molar-refractivity contribution in [2.24, 2.45) is 5.92 Å². The third-order valence-electron chi connectivity index (χ3n) is 5.10. The van der Waals surface area contributed by atoms with Gasteiger partial charge in [0, 0.05) is 24.0 Å². The molecular weight excluding hydrogens is 374 g/mol. The Bertz CT molecular complexity index is 970. The SMILES string of the molecule is CC(C)C(O)c1nnc2ccc(C(=O)NCCc3nc4c(s3)CCCC4)cn12. The van der Waals surface area contributed by atoms with Crippen molar-refractivity contribution >= 4 is 22.9 Å². The van der Waals surface area contributed by atoms with Gasteiger partial charge in [0.25, 0.3) is 5.91 Å². The summed E-state index contributed by atoms with van der Waals surface area (Å²) in [5.41, 5.74) is 2.38. The molecule has 1 atom stereocenters. The first-order chi connectivity index (χ1) is 13.5. The summed E-state index contributed by atoms with van der Waals surface area (Å²) in [4.78, 5) is 18.7. The Morgan fingerprint density at radius 1 is 1.29 bits per heavy atom. The quantitative estimate of drug-likeness (QED) is 0.665. The molecule has 0 aliphatic heterocycles. The molecular formula is C20H25N5O2S. The van der Waals surface area contributed by atoms with E-state index < -0.39 is 6.10 Å². The summed E-state index contributed by atoms with van der Waals surface area (Å²) in [7, 11) is 0. The van der Waals surface area contributed by atoms with E-state index >= 15 is 0 Å². The summed E-state index contributed by atoms with van der Waals surface area (Å²) >= 11 is 1.78. The molecule has 1 aliphatic rings. The Balaban J connectivity index is 1.42. The highest BCUT2D eigenvalue weighted by atomic mass is 32.1. The third-order valence-corrected chi connectivity index (χ3v) is 6.32. The molecule has 148 valence electrons. The van der Waals surface area contributed by atoms with Gasteiger partial charge in [-0.05, 0) is 43.7 Å². The molecule has 1 unspecified atom stereocenters. The summed E-state index contributed by atoms with van der Waals surface area (Å²) in [5, 5.41) is 22.5. The van der Waals surface area contributed by atoms with Gasteiger partial charge in [0.1, 0.15) is 6.10 Å². The highest BCUT2D eigenvalue weighted by molar-refractivity contribution is 7.11. The van der Waals surface area contributed by atoms with E-state index in [0.29, 0.717) is 23.6 Å². The van der Waals surface area contributed by atoms with Gasteiger partial charge in [0.15, 0.2) is 11.5 Å². The van der Waals surface area contributed by atoms with Crippen molar-refractivity contribution < 1.29 is 9.90 Å². The molecule has 3 aromatic rings. The average molecular weight is 400 g/mol. The fourth-order valence-electron chi connectivity index (χ4n) is 3.44. The molecule has 2 N–H and O–H groups in total. The molecule has 3 aromatic heterocycles. The number of pyridine rings is 1. The Hall–Kier alpha value is -2.32. The van der Waals surface area contributed by atoms with Gasteiger partial charge in [0.2, 0.25) is 0 Å². The van der Waals surface area contributed by atoms with Crippen molar-refractivity contribution in [2.45, 2.75) is 52.1 Å². The van der Waals surface area contributed by atoms with Crippen LogP contribution in [0.15, 0.2) is 18.3 Å². The number of thiazole rings is 1. The Morgan fingerprint density at radius 2 is 2.11 bits per heavy atom. The summed E-state index contributed by atoms with van der Waals surface area (Å²) in [6.07, 6.45) is 6.41. The summed E-state index contributed by atoms with van der Waals surface area (Å²) in [6.45, 7) is 4.38. The molecule has 0 saturated carbocycles. The maximum Gasteiger partial charge on any atom is 0.252 e. The summed E-state index contributed by atoms with van der Waals surface area (Å²) in [6, 6.07) is 3.47. The second kappa shape index (κ2) is 7.97. The predicted molar refractivity (Wildman–Crippen MR) is 108 cm³/mol. The normalized spacial score (nSPS) is 15.0. The maximum absolute atomic E-state index is 12.6. The molecule has 1 aliphatic carbocycles. The first-order valence-corrected chi connectivity index (χ1v) is 10.6. The standard InChI is InChI=1S/C20H25N5O2S/c1-12(2)18(26)19-24-23-16-8-7-13(11-25(16)19)20(27)21-10-9-17-22-14-5-3-4-6-15(14)28-17/h7-8,11-12,18,26H,3-6,9-10H2,1-2H3,(H,21,27). The highest BCUT2D eigenvalue weighted by Crippen LogP contribution is 2.26. The lowest BCUT2D eigenvalue weighted by atomic mass is 10.0. The van der Waals surface area contributed by atoms with E-state index in [9.17, 15) is 9.90 Å². The highest BCUT2D eigenvalue weighted by Gasteiger charge is 2.20. The van der Waals surface area contributed by atoms with Crippen molar-refractivity contribution in [1.82, 2.24) is 24.9 Å². The third kappa shape index (κ3) is 3.79. The van der Waals surface area contributed by atoms with Crippen LogP contribution in [0, 0.1) is 5.92 Å². The second-order valence-corrected chi connectivity index (χ2v) is 8.75. The van der Waals surface area contributed by atoms with Gasteiger partial charge in [-0.15, -0.1) is 21.5 Å². The molecule has 1 amide bonds. The number of nitrogens with zero attached hydrogens (tertiary/aromatic N) is 4. The molecule has 8 heteroatoms. The minimum Gasteiger partial charge on any atom is -0.385 e. The molecule has 4 rings (SSSR count). The molecule has 0 spiro atoms. The van der Waals surface area contributed by atoms with Crippen LogP contribution >= 0.6 is 11.3 Å². The van der Waals surface area contributed by atoms with Crippen LogP contribution in [-0.4, -0.2) is 37.1 Å². The average Bonchev–Trinajstić information content (AvgIpc) is 3.30. The van der Waals surface area contributed by atoms with Crippen LogP contribution in [0.2, 0.25) is 0 Å². The number of nitrogens with one attached hydrogen (secondary N) is 1. The molecule has 0 aromatic carbocycles. The van der Waals surface area contributed by atoms with Gasteiger partial charge in [-0.3, -0.25) is 9.20 Å². The lowest BCUT2D eigenvalue weighted by molar-refractivity contribution is 0.0953. The van der Waals surface area contributed by atoms with Crippen molar-refractivity contribution in [2.75, 3.05) is 6.54 Å². The van der Waals surface area contributed by atoms with Crippen LogP contribution in [0.5, 0.6) is 0 Å². The zero-order valence-corrected chi connectivity index (χ0v) is 17.0. The number of aryl methyl sites for hydroxylation is 2. The largest absolute Gasteiger partial charge is 0.385 e. The second-order valence-electron chi connectivity index (χ2n) is 7.58. The van der Waals surface area contributed by atoms with Crippen molar-refractivity contribution in [3.05, 3.63) is 45.3 Å². The summed E-state index contributed by atoms with van der Waals surface area (Å²) < 4.78 is 1.69. The molecule has 0 radical (unpaired) electrons. The zero-order valence-electron chi connectivity index (χ0n) is 16.2. The topological polar surface area (TPSA) is 92.4 Å². The number of rotatable bonds is 6. The number of hydrogen-bond donors (Lipinski definition) is 2. The molecule has 28 heavy (non-hydrogen) atoms. The number of carbonyl (C=O) groups is 1. The number of hydrogen-bond acceptors (Lipinski definition) is 6. The number of aromatic nitrogens is 4. The molecule has 7 nitrogen and oxygen atoms in total. The number of carbonyl (C=O) groups excluding carboxylic acids is 1. The molecule has 0 saturated heterocycles. The molecule has 3 heterocycles. The number of aliphatic hydroxyl groups excluding tert-OH is 1. The van der Waals surface area contributed by atoms with E-state index in [0.717, 1.165) is 24.3 Å². The van der Waals surface area contributed by atoms with Crippen molar-refractivity contribution in [3.63, 3.8) is 0 Å². The maximum atomic E-state index is 12.6. The molecule has 0 fully saturated rings.